The van der Waals surface area contributed by atoms with Crippen LogP contribution in [0, 0.1) is 0 Å². The van der Waals surface area contributed by atoms with E-state index in [1.54, 1.807) is 7.05 Å². The van der Waals surface area contributed by atoms with E-state index in [2.05, 4.69) is 10.1 Å². The van der Waals surface area contributed by atoms with Gasteiger partial charge in [0.1, 0.15) is 5.75 Å². The maximum absolute atomic E-state index is 11.8. The van der Waals surface area contributed by atoms with Crippen molar-refractivity contribution in [2.24, 2.45) is 0 Å². The highest BCUT2D eigenvalue weighted by Gasteiger charge is 2.22. The van der Waals surface area contributed by atoms with Gasteiger partial charge in [-0.05, 0) is 12.6 Å². The Kier molecular flexibility index (Phi) is 5.30. The number of nitrogens with one attached hydrogen (secondary N) is 1. The van der Waals surface area contributed by atoms with Crippen molar-refractivity contribution >= 4 is 15.8 Å². The van der Waals surface area contributed by atoms with E-state index >= 15 is 0 Å². The van der Waals surface area contributed by atoms with E-state index < -0.39 is 21.6 Å². The zero-order valence-corrected chi connectivity index (χ0v) is 11.2. The first-order valence-corrected chi connectivity index (χ1v) is 7.30. The van der Waals surface area contributed by atoms with Crippen molar-refractivity contribution < 1.29 is 17.9 Å². The fourth-order valence-corrected chi connectivity index (χ4v) is 3.04. The summed E-state index contributed by atoms with van der Waals surface area (Å²) in [6.07, 6.45) is 0. The Morgan fingerprint density at radius 1 is 1.33 bits per heavy atom. The molecule has 0 fully saturated rings. The number of methoxy groups -OCH3 is 1. The van der Waals surface area contributed by atoms with Gasteiger partial charge >= 0.3 is 5.97 Å². The number of carbonyl (C=O) groups is 1. The molecule has 6 heteroatoms. The van der Waals surface area contributed by atoms with Crippen LogP contribution in [-0.4, -0.2) is 40.1 Å². The van der Waals surface area contributed by atoms with Gasteiger partial charge in [0, 0.05) is 6.04 Å². The van der Waals surface area contributed by atoms with Crippen LogP contribution in [0.25, 0.3) is 0 Å². The van der Waals surface area contributed by atoms with Gasteiger partial charge in [-0.25, -0.2) is 8.42 Å². The van der Waals surface area contributed by atoms with Gasteiger partial charge in [0.2, 0.25) is 0 Å². The van der Waals surface area contributed by atoms with E-state index in [1.807, 2.05) is 30.3 Å². The molecular weight excluding hydrogens is 254 g/mol. The average molecular weight is 271 g/mol. The molecule has 0 aromatic heterocycles. The number of sulfone groups is 1. The molecule has 0 amide bonds. The fourth-order valence-electron chi connectivity index (χ4n) is 1.58. The SMILES string of the molecule is CNC(CS(=O)(=O)CC(=O)OC)c1ccccc1. The molecular formula is C12H17NO4S. The molecule has 0 saturated carbocycles. The number of hydrogen-bond acceptors (Lipinski definition) is 5. The van der Waals surface area contributed by atoms with E-state index in [0.29, 0.717) is 0 Å². The van der Waals surface area contributed by atoms with Crippen LogP contribution < -0.4 is 5.32 Å². The summed E-state index contributed by atoms with van der Waals surface area (Å²) in [6.45, 7) is 0. The van der Waals surface area contributed by atoms with E-state index in [-0.39, 0.29) is 11.8 Å². The number of carbonyl (C=O) groups excluding carboxylic acids is 1. The second kappa shape index (κ2) is 6.51. The van der Waals surface area contributed by atoms with E-state index in [9.17, 15) is 13.2 Å². The molecule has 18 heavy (non-hydrogen) atoms. The van der Waals surface area contributed by atoms with Crippen LogP contribution in [0.4, 0.5) is 0 Å². The first-order valence-electron chi connectivity index (χ1n) is 5.48. The van der Waals surface area contributed by atoms with Crippen LogP contribution in [-0.2, 0) is 19.4 Å². The van der Waals surface area contributed by atoms with E-state index in [0.717, 1.165) is 5.56 Å². The third-order valence-electron chi connectivity index (χ3n) is 2.54. The van der Waals surface area contributed by atoms with Crippen molar-refractivity contribution in [3.63, 3.8) is 0 Å². The number of esters is 1. The fraction of sp³-hybridized carbons (Fsp3) is 0.417. The molecule has 1 rings (SSSR count). The third-order valence-corrected chi connectivity index (χ3v) is 4.05. The Bertz CT molecular complexity index is 484. The molecule has 1 aromatic carbocycles. The average Bonchev–Trinajstić information content (AvgIpc) is 2.36. The van der Waals surface area contributed by atoms with Gasteiger partial charge in [0.15, 0.2) is 9.84 Å². The summed E-state index contributed by atoms with van der Waals surface area (Å²) in [7, 11) is -0.632. The lowest BCUT2D eigenvalue weighted by molar-refractivity contribution is -0.137. The smallest absolute Gasteiger partial charge is 0.320 e. The molecule has 1 atom stereocenters. The van der Waals surface area contributed by atoms with Gasteiger partial charge in [-0.2, -0.15) is 0 Å². The first kappa shape index (κ1) is 14.7. The lowest BCUT2D eigenvalue weighted by Crippen LogP contribution is -2.29. The van der Waals surface area contributed by atoms with Gasteiger partial charge in [-0.1, -0.05) is 30.3 Å². The molecule has 100 valence electrons. The molecule has 0 heterocycles. The summed E-state index contributed by atoms with van der Waals surface area (Å²) < 4.78 is 28.0. The van der Waals surface area contributed by atoms with Crippen LogP contribution in [0.3, 0.4) is 0 Å². The minimum atomic E-state index is -3.49. The van der Waals surface area contributed by atoms with E-state index in [4.69, 9.17) is 0 Å². The van der Waals surface area contributed by atoms with Crippen molar-refractivity contribution in [2.45, 2.75) is 6.04 Å². The molecule has 0 bridgehead atoms. The molecule has 0 spiro atoms. The van der Waals surface area contributed by atoms with Gasteiger partial charge in [0.25, 0.3) is 0 Å². The minimum absolute atomic E-state index is 0.136. The lowest BCUT2D eigenvalue weighted by atomic mass is 10.1. The van der Waals surface area contributed by atoms with Gasteiger partial charge in [0.05, 0.1) is 12.9 Å². The van der Waals surface area contributed by atoms with Gasteiger partial charge in [-0.15, -0.1) is 0 Å². The maximum Gasteiger partial charge on any atom is 0.320 e. The molecule has 1 aromatic rings. The van der Waals surface area contributed by atoms with Gasteiger partial charge in [-0.3, -0.25) is 4.79 Å². The Hall–Kier alpha value is -1.40. The van der Waals surface area contributed by atoms with Crippen LogP contribution in [0.2, 0.25) is 0 Å². The molecule has 0 aliphatic rings. The minimum Gasteiger partial charge on any atom is -0.468 e. The van der Waals surface area contributed by atoms with Crippen LogP contribution in [0.1, 0.15) is 11.6 Å². The summed E-state index contributed by atoms with van der Waals surface area (Å²) in [4.78, 5) is 11.0. The molecule has 1 N–H and O–H groups in total. The van der Waals surface area contributed by atoms with Crippen molar-refractivity contribution in [3.8, 4) is 0 Å². The number of hydrogen-bond donors (Lipinski definition) is 1. The van der Waals surface area contributed by atoms with Crippen LogP contribution >= 0.6 is 0 Å². The largest absolute Gasteiger partial charge is 0.468 e. The molecule has 0 saturated heterocycles. The topological polar surface area (TPSA) is 72.5 Å². The van der Waals surface area contributed by atoms with E-state index in [1.165, 1.54) is 7.11 Å². The highest BCUT2D eigenvalue weighted by molar-refractivity contribution is 7.92. The summed E-state index contributed by atoms with van der Waals surface area (Å²) in [6, 6.07) is 8.89. The predicted molar refractivity (Wildman–Crippen MR) is 68.9 cm³/mol. The Labute approximate surface area is 107 Å². The lowest BCUT2D eigenvalue weighted by Gasteiger charge is -2.16. The van der Waals surface area contributed by atoms with Crippen molar-refractivity contribution in [2.75, 3.05) is 25.7 Å². The second-order valence-electron chi connectivity index (χ2n) is 3.88. The summed E-state index contributed by atoms with van der Waals surface area (Å²) in [5, 5.41) is 2.93. The zero-order valence-electron chi connectivity index (χ0n) is 10.4. The molecule has 5 nitrogen and oxygen atoms in total. The Balaban J connectivity index is 2.78. The highest BCUT2D eigenvalue weighted by atomic mass is 32.2. The van der Waals surface area contributed by atoms with Crippen LogP contribution in [0.5, 0.6) is 0 Å². The number of benzene rings is 1. The number of rotatable bonds is 6. The molecule has 0 aliphatic carbocycles. The number of ether oxygens (including phenoxy) is 1. The van der Waals surface area contributed by atoms with Crippen molar-refractivity contribution in [1.29, 1.82) is 0 Å². The Morgan fingerprint density at radius 3 is 2.44 bits per heavy atom. The third kappa shape index (κ3) is 4.46. The van der Waals surface area contributed by atoms with Crippen molar-refractivity contribution in [1.82, 2.24) is 5.32 Å². The normalized spacial score (nSPS) is 13.0. The van der Waals surface area contributed by atoms with Crippen molar-refractivity contribution in [3.05, 3.63) is 35.9 Å². The summed E-state index contributed by atoms with van der Waals surface area (Å²) in [5.74, 6) is -1.46. The molecule has 0 aliphatic heterocycles. The quantitative estimate of drug-likeness (QED) is 0.764. The van der Waals surface area contributed by atoms with Gasteiger partial charge < -0.3 is 10.1 Å². The second-order valence-corrected chi connectivity index (χ2v) is 5.99. The standard InChI is InChI=1S/C12H17NO4S/c1-13-11(10-6-4-3-5-7-10)8-18(15,16)9-12(14)17-2/h3-7,11,13H,8-9H2,1-2H3. The summed E-state index contributed by atoms with van der Waals surface area (Å²) >= 11 is 0. The first-order chi connectivity index (χ1) is 8.48. The zero-order chi connectivity index (χ0) is 13.6. The summed E-state index contributed by atoms with van der Waals surface area (Å²) in [5.41, 5.74) is 0.869. The monoisotopic (exact) mass is 271 g/mol. The highest BCUT2D eigenvalue weighted by Crippen LogP contribution is 2.14. The van der Waals surface area contributed by atoms with Crippen LogP contribution in [0.15, 0.2) is 30.3 Å². The molecule has 1 unspecified atom stereocenters. The Morgan fingerprint density at radius 2 is 1.94 bits per heavy atom. The molecule has 0 radical (unpaired) electrons. The predicted octanol–water partition coefficient (Wildman–Crippen LogP) is 0.535. The maximum atomic E-state index is 11.8.